The fourth-order valence-electron chi connectivity index (χ4n) is 2.20. The SMILES string of the molecule is CCOC(=O)N1C[C@@H]2CN[C@@H](C2)C1. The number of hydrogen-bond donors (Lipinski definition) is 1. The predicted molar refractivity (Wildman–Crippen MR) is 48.5 cm³/mol. The van der Waals surface area contributed by atoms with Crippen molar-refractivity contribution >= 4 is 6.09 Å². The van der Waals surface area contributed by atoms with Crippen LogP contribution in [0.2, 0.25) is 0 Å². The van der Waals surface area contributed by atoms with Crippen molar-refractivity contribution in [2.45, 2.75) is 19.4 Å². The third-order valence-corrected chi connectivity index (χ3v) is 2.76. The molecule has 2 bridgehead atoms. The zero-order chi connectivity index (χ0) is 9.26. The molecule has 4 heteroatoms. The molecule has 2 aliphatic rings. The number of carbonyl (C=O) groups is 1. The van der Waals surface area contributed by atoms with Crippen LogP contribution in [-0.2, 0) is 4.74 Å². The number of nitrogens with one attached hydrogen (secondary N) is 1. The van der Waals surface area contributed by atoms with E-state index < -0.39 is 0 Å². The van der Waals surface area contributed by atoms with Crippen molar-refractivity contribution in [3.8, 4) is 0 Å². The van der Waals surface area contributed by atoms with Gasteiger partial charge in [0, 0.05) is 25.7 Å². The Bertz CT molecular complexity index is 196. The Hall–Kier alpha value is -0.770. The number of likely N-dealkylation sites (tertiary alicyclic amines) is 1. The van der Waals surface area contributed by atoms with Crippen LogP contribution >= 0.6 is 0 Å². The van der Waals surface area contributed by atoms with Gasteiger partial charge in [-0.2, -0.15) is 0 Å². The topological polar surface area (TPSA) is 41.6 Å². The second kappa shape index (κ2) is 3.54. The minimum absolute atomic E-state index is 0.152. The van der Waals surface area contributed by atoms with E-state index in [9.17, 15) is 4.79 Å². The highest BCUT2D eigenvalue weighted by molar-refractivity contribution is 5.67. The van der Waals surface area contributed by atoms with Crippen molar-refractivity contribution in [3.63, 3.8) is 0 Å². The summed E-state index contributed by atoms with van der Waals surface area (Å²) in [6.07, 6.45) is 1.07. The monoisotopic (exact) mass is 184 g/mol. The van der Waals surface area contributed by atoms with Crippen LogP contribution in [0.1, 0.15) is 13.3 Å². The third kappa shape index (κ3) is 1.77. The van der Waals surface area contributed by atoms with Gasteiger partial charge in [0.1, 0.15) is 0 Å². The van der Waals surface area contributed by atoms with Gasteiger partial charge in [-0.3, -0.25) is 0 Å². The Balaban J connectivity index is 1.91. The molecule has 0 aromatic carbocycles. The lowest BCUT2D eigenvalue weighted by molar-refractivity contribution is 0.0924. The molecule has 2 rings (SSSR count). The molecule has 2 heterocycles. The molecule has 2 aliphatic heterocycles. The first-order valence-corrected chi connectivity index (χ1v) is 4.94. The molecular weight excluding hydrogens is 168 g/mol. The first-order valence-electron chi connectivity index (χ1n) is 4.94. The lowest BCUT2D eigenvalue weighted by atomic mass is 10.0. The molecule has 0 radical (unpaired) electrons. The van der Waals surface area contributed by atoms with E-state index >= 15 is 0 Å². The largest absolute Gasteiger partial charge is 0.450 e. The zero-order valence-corrected chi connectivity index (χ0v) is 7.95. The number of nitrogens with zero attached hydrogens (tertiary/aromatic N) is 1. The van der Waals surface area contributed by atoms with E-state index in [0.717, 1.165) is 19.6 Å². The van der Waals surface area contributed by atoms with Gasteiger partial charge < -0.3 is 15.0 Å². The van der Waals surface area contributed by atoms with Gasteiger partial charge in [0.05, 0.1) is 6.61 Å². The Morgan fingerprint density at radius 1 is 1.62 bits per heavy atom. The van der Waals surface area contributed by atoms with Crippen molar-refractivity contribution < 1.29 is 9.53 Å². The van der Waals surface area contributed by atoms with E-state index in [2.05, 4.69) is 5.32 Å². The van der Waals surface area contributed by atoms with Crippen LogP contribution in [0.4, 0.5) is 4.79 Å². The van der Waals surface area contributed by atoms with E-state index in [1.807, 2.05) is 11.8 Å². The molecule has 4 nitrogen and oxygen atoms in total. The van der Waals surface area contributed by atoms with Gasteiger partial charge in [-0.1, -0.05) is 0 Å². The van der Waals surface area contributed by atoms with E-state index in [1.165, 1.54) is 6.42 Å². The van der Waals surface area contributed by atoms with Crippen LogP contribution in [0, 0.1) is 5.92 Å². The maximum Gasteiger partial charge on any atom is 0.409 e. The summed E-state index contributed by atoms with van der Waals surface area (Å²) in [6.45, 7) is 5.05. The highest BCUT2D eigenvalue weighted by Crippen LogP contribution is 2.22. The van der Waals surface area contributed by atoms with Crippen LogP contribution in [0.25, 0.3) is 0 Å². The fourth-order valence-corrected chi connectivity index (χ4v) is 2.20. The molecule has 0 aliphatic carbocycles. The standard InChI is InChI=1S/C9H16N2O2/c1-2-13-9(12)11-5-7-3-8(6-11)10-4-7/h7-8,10H,2-6H2,1H3/t7-,8-/m0/s1. The maximum absolute atomic E-state index is 11.4. The first kappa shape index (κ1) is 8.81. The summed E-state index contributed by atoms with van der Waals surface area (Å²) >= 11 is 0. The molecule has 2 fully saturated rings. The van der Waals surface area contributed by atoms with Gasteiger partial charge in [-0.25, -0.2) is 4.79 Å². The summed E-state index contributed by atoms with van der Waals surface area (Å²) < 4.78 is 4.96. The lowest BCUT2D eigenvalue weighted by Crippen LogP contribution is -2.44. The zero-order valence-electron chi connectivity index (χ0n) is 7.95. The van der Waals surface area contributed by atoms with Gasteiger partial charge in [0.25, 0.3) is 0 Å². The molecule has 0 spiro atoms. The summed E-state index contributed by atoms with van der Waals surface area (Å²) in [5, 5.41) is 3.40. The molecule has 0 saturated carbocycles. The number of ether oxygens (including phenoxy) is 1. The highest BCUT2D eigenvalue weighted by atomic mass is 16.6. The number of fused-ring (bicyclic) bond motifs is 2. The quantitative estimate of drug-likeness (QED) is 0.643. The molecular formula is C9H16N2O2. The van der Waals surface area contributed by atoms with E-state index in [4.69, 9.17) is 4.74 Å². The minimum atomic E-state index is -0.152. The average Bonchev–Trinajstić information content (AvgIpc) is 2.46. The third-order valence-electron chi connectivity index (χ3n) is 2.76. The molecule has 2 atom stereocenters. The summed E-state index contributed by atoms with van der Waals surface area (Å²) in [7, 11) is 0. The Kier molecular flexibility index (Phi) is 2.40. The second-order valence-corrected chi connectivity index (χ2v) is 3.81. The van der Waals surface area contributed by atoms with Crippen molar-refractivity contribution in [1.82, 2.24) is 10.2 Å². The molecule has 1 amide bonds. The summed E-state index contributed by atoms with van der Waals surface area (Å²) in [6, 6.07) is 0.503. The molecule has 0 aromatic rings. The van der Waals surface area contributed by atoms with Crippen molar-refractivity contribution in [1.29, 1.82) is 0 Å². The summed E-state index contributed by atoms with van der Waals surface area (Å²) in [5.74, 6) is 0.642. The maximum atomic E-state index is 11.4. The summed E-state index contributed by atoms with van der Waals surface area (Å²) in [5.41, 5.74) is 0. The van der Waals surface area contributed by atoms with Crippen LogP contribution in [0.3, 0.4) is 0 Å². The number of carbonyl (C=O) groups excluding carboxylic acids is 1. The van der Waals surface area contributed by atoms with E-state index in [0.29, 0.717) is 18.6 Å². The predicted octanol–water partition coefficient (Wildman–Crippen LogP) is 0.437. The Labute approximate surface area is 78.2 Å². The summed E-state index contributed by atoms with van der Waals surface area (Å²) in [4.78, 5) is 13.2. The molecule has 74 valence electrons. The number of hydrogen-bond acceptors (Lipinski definition) is 3. The van der Waals surface area contributed by atoms with Gasteiger partial charge in [0.2, 0.25) is 0 Å². The smallest absolute Gasteiger partial charge is 0.409 e. The fraction of sp³-hybridized carbons (Fsp3) is 0.889. The second-order valence-electron chi connectivity index (χ2n) is 3.81. The van der Waals surface area contributed by atoms with Crippen molar-refractivity contribution in [3.05, 3.63) is 0 Å². The van der Waals surface area contributed by atoms with Gasteiger partial charge in [-0.15, -0.1) is 0 Å². The molecule has 2 saturated heterocycles. The van der Waals surface area contributed by atoms with Crippen LogP contribution in [0.5, 0.6) is 0 Å². The lowest BCUT2D eigenvalue weighted by Gasteiger charge is -2.30. The van der Waals surface area contributed by atoms with Gasteiger partial charge in [-0.05, 0) is 19.3 Å². The van der Waals surface area contributed by atoms with Crippen molar-refractivity contribution in [2.75, 3.05) is 26.2 Å². The van der Waals surface area contributed by atoms with Crippen molar-refractivity contribution in [2.24, 2.45) is 5.92 Å². The normalized spacial score (nSPS) is 31.9. The van der Waals surface area contributed by atoms with Crippen LogP contribution in [-0.4, -0.2) is 43.3 Å². The average molecular weight is 184 g/mol. The van der Waals surface area contributed by atoms with E-state index in [-0.39, 0.29) is 6.09 Å². The number of amides is 1. The first-order chi connectivity index (χ1) is 6.29. The molecule has 1 N–H and O–H groups in total. The van der Waals surface area contributed by atoms with E-state index in [1.54, 1.807) is 0 Å². The number of piperidine rings is 1. The van der Waals surface area contributed by atoms with Crippen LogP contribution < -0.4 is 5.32 Å². The highest BCUT2D eigenvalue weighted by Gasteiger charge is 2.34. The minimum Gasteiger partial charge on any atom is -0.450 e. The Morgan fingerprint density at radius 2 is 2.46 bits per heavy atom. The van der Waals surface area contributed by atoms with Crippen LogP contribution in [0.15, 0.2) is 0 Å². The van der Waals surface area contributed by atoms with Gasteiger partial charge in [0.15, 0.2) is 0 Å². The Morgan fingerprint density at radius 3 is 3.15 bits per heavy atom. The molecule has 0 unspecified atom stereocenters. The van der Waals surface area contributed by atoms with Gasteiger partial charge >= 0.3 is 6.09 Å². The number of rotatable bonds is 1. The molecule has 0 aromatic heterocycles. The molecule has 13 heavy (non-hydrogen) atoms.